The second-order valence-electron chi connectivity index (χ2n) is 7.60. The molecule has 1 aliphatic heterocycles. The molecule has 1 saturated heterocycles. The Morgan fingerprint density at radius 1 is 1.14 bits per heavy atom. The maximum atomic E-state index is 9.37. The lowest BCUT2D eigenvalue weighted by atomic mass is 9.94. The van der Waals surface area contributed by atoms with Crippen LogP contribution in [0.4, 0.5) is 0 Å². The van der Waals surface area contributed by atoms with Gasteiger partial charge >= 0.3 is 0 Å². The van der Waals surface area contributed by atoms with Crippen molar-refractivity contribution >= 4 is 0 Å². The normalized spacial score (nSPS) is 21.2. The number of aliphatic hydroxyl groups is 1. The van der Waals surface area contributed by atoms with E-state index in [1.54, 1.807) is 12.1 Å². The van der Waals surface area contributed by atoms with Gasteiger partial charge in [-0.2, -0.15) is 0 Å². The number of phenols is 1. The summed E-state index contributed by atoms with van der Waals surface area (Å²) in [6, 6.07) is 7.89. The molecule has 4 heteroatoms. The van der Waals surface area contributed by atoms with E-state index in [9.17, 15) is 10.2 Å². The predicted octanol–water partition coefficient (Wildman–Crippen LogP) is 2.31. The molecule has 0 radical (unpaired) electrons. The van der Waals surface area contributed by atoms with Crippen LogP contribution in [0.15, 0.2) is 24.3 Å². The molecular formula is C18H30N2O2. The molecule has 1 aliphatic rings. The van der Waals surface area contributed by atoms with E-state index in [1.165, 1.54) is 5.56 Å². The molecule has 4 nitrogen and oxygen atoms in total. The molecule has 2 rings (SSSR count). The standard InChI is InChI=1S/C18H30N2O2/c1-18(2,3)14-20-10-9-19(13-16(20)8-11-21)12-15-4-6-17(22)7-5-15/h4-7,16,21-22H,8-14H2,1-3H3/t16-/m1/s1. The van der Waals surface area contributed by atoms with Crippen LogP contribution in [0.2, 0.25) is 0 Å². The number of nitrogens with zero attached hydrogens (tertiary/aromatic N) is 2. The van der Waals surface area contributed by atoms with Gasteiger partial charge in [-0.3, -0.25) is 9.80 Å². The zero-order valence-corrected chi connectivity index (χ0v) is 14.1. The summed E-state index contributed by atoms with van der Waals surface area (Å²) in [6.07, 6.45) is 0.835. The average Bonchev–Trinajstić information content (AvgIpc) is 2.43. The first kappa shape index (κ1) is 17.3. The zero-order chi connectivity index (χ0) is 16.2. The van der Waals surface area contributed by atoms with Gasteiger partial charge in [0.05, 0.1) is 0 Å². The number of aliphatic hydroxyl groups excluding tert-OH is 1. The molecule has 1 fully saturated rings. The summed E-state index contributed by atoms with van der Waals surface area (Å²) in [4.78, 5) is 4.98. The van der Waals surface area contributed by atoms with Crippen molar-refractivity contribution < 1.29 is 10.2 Å². The SMILES string of the molecule is CC(C)(C)CN1CCN(Cc2ccc(O)cc2)C[C@H]1CCO. The average molecular weight is 306 g/mol. The minimum atomic E-state index is 0.248. The van der Waals surface area contributed by atoms with Crippen molar-refractivity contribution in [3.8, 4) is 5.75 Å². The molecule has 0 amide bonds. The van der Waals surface area contributed by atoms with Gasteiger partial charge in [0.25, 0.3) is 0 Å². The molecule has 0 saturated carbocycles. The van der Waals surface area contributed by atoms with E-state index in [0.29, 0.717) is 11.8 Å². The highest BCUT2D eigenvalue weighted by atomic mass is 16.3. The molecular weight excluding hydrogens is 276 g/mol. The number of aromatic hydroxyl groups is 1. The second-order valence-corrected chi connectivity index (χ2v) is 7.60. The predicted molar refractivity (Wildman–Crippen MR) is 89.9 cm³/mol. The van der Waals surface area contributed by atoms with E-state index in [0.717, 1.165) is 39.1 Å². The molecule has 0 unspecified atom stereocenters. The summed E-state index contributed by atoms with van der Waals surface area (Å²) in [5.41, 5.74) is 1.51. The highest BCUT2D eigenvalue weighted by Gasteiger charge is 2.29. The number of phenolic OH excluding ortho intramolecular Hbond substituents is 1. The summed E-state index contributed by atoms with van der Waals surface area (Å²) in [6.45, 7) is 12.1. The summed E-state index contributed by atoms with van der Waals surface area (Å²) in [7, 11) is 0. The Kier molecular flexibility index (Phi) is 5.84. The molecule has 124 valence electrons. The van der Waals surface area contributed by atoms with Crippen LogP contribution < -0.4 is 0 Å². The van der Waals surface area contributed by atoms with Crippen LogP contribution >= 0.6 is 0 Å². The molecule has 1 atom stereocenters. The smallest absolute Gasteiger partial charge is 0.115 e. The van der Waals surface area contributed by atoms with E-state index in [-0.39, 0.29) is 12.0 Å². The van der Waals surface area contributed by atoms with Crippen LogP contribution in [0.1, 0.15) is 32.8 Å². The third kappa shape index (κ3) is 5.27. The van der Waals surface area contributed by atoms with Crippen LogP contribution in [0, 0.1) is 5.41 Å². The van der Waals surface area contributed by atoms with Crippen LogP contribution in [-0.2, 0) is 6.54 Å². The first-order chi connectivity index (χ1) is 10.4. The molecule has 2 N–H and O–H groups in total. The van der Waals surface area contributed by atoms with Gasteiger partial charge in [0, 0.05) is 45.4 Å². The summed E-state index contributed by atoms with van der Waals surface area (Å²) >= 11 is 0. The first-order valence-electron chi connectivity index (χ1n) is 8.22. The summed E-state index contributed by atoms with van der Waals surface area (Å²) < 4.78 is 0. The lowest BCUT2D eigenvalue weighted by Gasteiger charge is -2.44. The van der Waals surface area contributed by atoms with E-state index >= 15 is 0 Å². The Morgan fingerprint density at radius 2 is 1.82 bits per heavy atom. The van der Waals surface area contributed by atoms with Crippen LogP contribution in [0.25, 0.3) is 0 Å². The van der Waals surface area contributed by atoms with Gasteiger partial charge in [0.15, 0.2) is 0 Å². The third-order valence-corrected chi connectivity index (χ3v) is 4.17. The first-order valence-corrected chi connectivity index (χ1v) is 8.22. The van der Waals surface area contributed by atoms with E-state index in [1.807, 2.05) is 12.1 Å². The largest absolute Gasteiger partial charge is 0.508 e. The van der Waals surface area contributed by atoms with Crippen molar-refractivity contribution in [2.45, 2.75) is 39.8 Å². The van der Waals surface area contributed by atoms with E-state index in [2.05, 4.69) is 30.6 Å². The molecule has 0 aromatic heterocycles. The summed E-state index contributed by atoms with van der Waals surface area (Å²) in [5.74, 6) is 0.317. The van der Waals surface area contributed by atoms with Crippen LogP contribution in [0.3, 0.4) is 0 Å². The highest BCUT2D eigenvalue weighted by molar-refractivity contribution is 5.25. The van der Waals surface area contributed by atoms with E-state index in [4.69, 9.17) is 0 Å². The number of benzene rings is 1. The number of hydrogen-bond donors (Lipinski definition) is 2. The quantitative estimate of drug-likeness (QED) is 0.876. The maximum absolute atomic E-state index is 9.37. The van der Waals surface area contributed by atoms with Gasteiger partial charge in [-0.25, -0.2) is 0 Å². The molecule has 1 aromatic rings. The van der Waals surface area contributed by atoms with Gasteiger partial charge in [0.1, 0.15) is 5.75 Å². The Balaban J connectivity index is 1.95. The Bertz CT molecular complexity index is 453. The molecule has 1 heterocycles. The van der Waals surface area contributed by atoms with Crippen molar-refractivity contribution in [2.75, 3.05) is 32.8 Å². The minimum Gasteiger partial charge on any atom is -0.508 e. The van der Waals surface area contributed by atoms with Gasteiger partial charge in [-0.15, -0.1) is 0 Å². The third-order valence-electron chi connectivity index (χ3n) is 4.17. The Morgan fingerprint density at radius 3 is 2.41 bits per heavy atom. The van der Waals surface area contributed by atoms with Crippen molar-refractivity contribution in [3.63, 3.8) is 0 Å². The highest BCUT2D eigenvalue weighted by Crippen LogP contribution is 2.22. The van der Waals surface area contributed by atoms with Gasteiger partial charge in [-0.1, -0.05) is 32.9 Å². The van der Waals surface area contributed by atoms with E-state index < -0.39 is 0 Å². The Labute approximate surface area is 134 Å². The Hall–Kier alpha value is -1.10. The number of piperazine rings is 1. The fourth-order valence-corrected chi connectivity index (χ4v) is 3.20. The number of rotatable bonds is 5. The molecule has 0 bridgehead atoms. The van der Waals surface area contributed by atoms with Crippen molar-refractivity contribution in [3.05, 3.63) is 29.8 Å². The number of hydrogen-bond acceptors (Lipinski definition) is 4. The van der Waals surface area contributed by atoms with Gasteiger partial charge in [-0.05, 0) is 29.5 Å². The second kappa shape index (κ2) is 7.44. The molecule has 22 heavy (non-hydrogen) atoms. The van der Waals surface area contributed by atoms with Gasteiger partial charge in [0.2, 0.25) is 0 Å². The molecule has 0 aliphatic carbocycles. The monoisotopic (exact) mass is 306 g/mol. The maximum Gasteiger partial charge on any atom is 0.115 e. The topological polar surface area (TPSA) is 46.9 Å². The minimum absolute atomic E-state index is 0.248. The lowest BCUT2D eigenvalue weighted by molar-refractivity contribution is 0.0340. The molecule has 0 spiro atoms. The summed E-state index contributed by atoms with van der Waals surface area (Å²) in [5, 5.41) is 18.7. The van der Waals surface area contributed by atoms with Crippen molar-refractivity contribution in [2.24, 2.45) is 5.41 Å². The zero-order valence-electron chi connectivity index (χ0n) is 14.1. The fourth-order valence-electron chi connectivity index (χ4n) is 3.20. The van der Waals surface area contributed by atoms with Crippen LogP contribution in [-0.4, -0.2) is 58.8 Å². The fraction of sp³-hybridized carbons (Fsp3) is 0.667. The van der Waals surface area contributed by atoms with Crippen molar-refractivity contribution in [1.82, 2.24) is 9.80 Å². The van der Waals surface area contributed by atoms with Gasteiger partial charge < -0.3 is 10.2 Å². The van der Waals surface area contributed by atoms with Crippen molar-refractivity contribution in [1.29, 1.82) is 0 Å². The molecule has 1 aromatic carbocycles. The van der Waals surface area contributed by atoms with Crippen LogP contribution in [0.5, 0.6) is 5.75 Å². The lowest BCUT2D eigenvalue weighted by Crippen LogP contribution is -2.54.